The van der Waals surface area contributed by atoms with Crippen molar-refractivity contribution in [1.82, 2.24) is 9.88 Å². The molecular formula is C25H23N3O3S. The highest BCUT2D eigenvalue weighted by molar-refractivity contribution is 7.18. The number of aryl methyl sites for hydroxylation is 1. The molecule has 0 radical (unpaired) electrons. The summed E-state index contributed by atoms with van der Waals surface area (Å²) >= 11 is 1.66. The van der Waals surface area contributed by atoms with E-state index in [4.69, 9.17) is 9.40 Å². The molecule has 3 heterocycles. The van der Waals surface area contributed by atoms with E-state index in [1.54, 1.807) is 29.5 Å². The van der Waals surface area contributed by atoms with Gasteiger partial charge < -0.3 is 14.6 Å². The molecule has 162 valence electrons. The second-order valence-electron chi connectivity index (χ2n) is 7.99. The zero-order valence-electron chi connectivity index (χ0n) is 17.7. The van der Waals surface area contributed by atoms with Crippen LogP contribution in [0.4, 0.5) is 5.69 Å². The number of carbonyl (C=O) groups excluding carboxylic acids is 2. The molecule has 5 rings (SSSR count). The van der Waals surface area contributed by atoms with Crippen LogP contribution >= 0.6 is 11.3 Å². The Morgan fingerprint density at radius 1 is 1.12 bits per heavy atom. The SMILES string of the molecule is Cc1ccc(C(=O)N2CCCCC2c2nc3ccccc3s2)cc1NC(=O)c1ccco1. The van der Waals surface area contributed by atoms with Crippen molar-refractivity contribution in [3.8, 4) is 0 Å². The number of anilines is 1. The molecule has 7 heteroatoms. The highest BCUT2D eigenvalue weighted by Gasteiger charge is 2.31. The van der Waals surface area contributed by atoms with Crippen LogP contribution in [0.1, 0.15) is 56.8 Å². The summed E-state index contributed by atoms with van der Waals surface area (Å²) in [7, 11) is 0. The lowest BCUT2D eigenvalue weighted by Crippen LogP contribution is -2.38. The maximum absolute atomic E-state index is 13.5. The van der Waals surface area contributed by atoms with E-state index in [1.165, 1.54) is 6.26 Å². The fourth-order valence-electron chi connectivity index (χ4n) is 4.11. The van der Waals surface area contributed by atoms with Crippen LogP contribution in [0.2, 0.25) is 0 Å². The predicted octanol–water partition coefficient (Wildman–Crippen LogP) is 5.82. The van der Waals surface area contributed by atoms with Crippen LogP contribution in [0, 0.1) is 6.92 Å². The van der Waals surface area contributed by atoms with Crippen molar-refractivity contribution in [2.75, 3.05) is 11.9 Å². The Morgan fingerprint density at radius 3 is 2.81 bits per heavy atom. The third-order valence-electron chi connectivity index (χ3n) is 5.84. The number of para-hydroxylation sites is 1. The van der Waals surface area contributed by atoms with E-state index in [2.05, 4.69) is 11.4 Å². The topological polar surface area (TPSA) is 75.4 Å². The molecule has 1 atom stereocenters. The first-order chi connectivity index (χ1) is 15.6. The molecule has 1 N–H and O–H groups in total. The van der Waals surface area contributed by atoms with Crippen molar-refractivity contribution in [1.29, 1.82) is 0 Å². The summed E-state index contributed by atoms with van der Waals surface area (Å²) in [4.78, 5) is 32.7. The van der Waals surface area contributed by atoms with E-state index >= 15 is 0 Å². The van der Waals surface area contributed by atoms with Gasteiger partial charge in [-0.25, -0.2) is 4.98 Å². The van der Waals surface area contributed by atoms with Crippen molar-refractivity contribution >= 4 is 39.1 Å². The molecule has 2 amide bonds. The number of benzene rings is 2. The number of thiazole rings is 1. The van der Waals surface area contributed by atoms with E-state index < -0.39 is 0 Å². The van der Waals surface area contributed by atoms with Crippen LogP contribution in [-0.4, -0.2) is 28.2 Å². The number of hydrogen-bond donors (Lipinski definition) is 1. The largest absolute Gasteiger partial charge is 0.459 e. The molecule has 2 aromatic heterocycles. The molecule has 32 heavy (non-hydrogen) atoms. The summed E-state index contributed by atoms with van der Waals surface area (Å²) in [6.45, 7) is 2.60. The lowest BCUT2D eigenvalue weighted by Gasteiger charge is -2.34. The van der Waals surface area contributed by atoms with E-state index in [0.29, 0.717) is 17.8 Å². The fourth-order valence-corrected chi connectivity index (χ4v) is 5.23. The van der Waals surface area contributed by atoms with Gasteiger partial charge in [0.2, 0.25) is 0 Å². The van der Waals surface area contributed by atoms with E-state index in [0.717, 1.165) is 40.1 Å². The van der Waals surface area contributed by atoms with Crippen LogP contribution in [0.25, 0.3) is 10.2 Å². The zero-order chi connectivity index (χ0) is 22.1. The average Bonchev–Trinajstić information content (AvgIpc) is 3.50. The van der Waals surface area contributed by atoms with Gasteiger partial charge in [-0.05, 0) is 68.1 Å². The number of likely N-dealkylation sites (tertiary alicyclic amines) is 1. The summed E-state index contributed by atoms with van der Waals surface area (Å²) in [6, 6.07) is 16.8. The smallest absolute Gasteiger partial charge is 0.291 e. The van der Waals surface area contributed by atoms with Gasteiger partial charge in [-0.2, -0.15) is 0 Å². The Bertz CT molecular complexity index is 1250. The molecule has 1 fully saturated rings. The van der Waals surface area contributed by atoms with Gasteiger partial charge in [0.25, 0.3) is 11.8 Å². The summed E-state index contributed by atoms with van der Waals surface area (Å²) in [5.41, 5.74) is 3.01. The number of fused-ring (bicyclic) bond motifs is 1. The minimum atomic E-state index is -0.340. The third kappa shape index (κ3) is 3.91. The van der Waals surface area contributed by atoms with Gasteiger partial charge in [-0.1, -0.05) is 18.2 Å². The minimum Gasteiger partial charge on any atom is -0.459 e. The van der Waals surface area contributed by atoms with Gasteiger partial charge in [0.1, 0.15) is 5.01 Å². The van der Waals surface area contributed by atoms with Crippen molar-refractivity contribution in [3.63, 3.8) is 0 Å². The summed E-state index contributed by atoms with van der Waals surface area (Å²) in [5, 5.41) is 3.84. The van der Waals surface area contributed by atoms with Gasteiger partial charge in [-0.3, -0.25) is 9.59 Å². The molecule has 0 aliphatic carbocycles. The number of amides is 2. The molecule has 1 aliphatic rings. The third-order valence-corrected chi connectivity index (χ3v) is 6.97. The Balaban J connectivity index is 1.42. The number of aromatic nitrogens is 1. The lowest BCUT2D eigenvalue weighted by molar-refractivity contribution is 0.0611. The summed E-state index contributed by atoms with van der Waals surface area (Å²) < 4.78 is 6.31. The quantitative estimate of drug-likeness (QED) is 0.430. The number of rotatable bonds is 4. The number of carbonyl (C=O) groups is 2. The Labute approximate surface area is 189 Å². The second kappa shape index (κ2) is 8.59. The van der Waals surface area contributed by atoms with Crippen molar-refractivity contribution < 1.29 is 14.0 Å². The first-order valence-corrected chi connectivity index (χ1v) is 11.5. The maximum Gasteiger partial charge on any atom is 0.291 e. The van der Waals surface area contributed by atoms with Crippen LogP contribution in [0.15, 0.2) is 65.3 Å². The van der Waals surface area contributed by atoms with Gasteiger partial charge in [0.15, 0.2) is 5.76 Å². The van der Waals surface area contributed by atoms with Gasteiger partial charge in [0.05, 0.1) is 22.5 Å². The maximum atomic E-state index is 13.5. The second-order valence-corrected chi connectivity index (χ2v) is 9.05. The molecule has 6 nitrogen and oxygen atoms in total. The van der Waals surface area contributed by atoms with Crippen LogP contribution in [0.5, 0.6) is 0 Å². The highest BCUT2D eigenvalue weighted by atomic mass is 32.1. The molecule has 0 bridgehead atoms. The summed E-state index contributed by atoms with van der Waals surface area (Å²) in [6.07, 6.45) is 4.41. The van der Waals surface area contributed by atoms with Gasteiger partial charge >= 0.3 is 0 Å². The van der Waals surface area contributed by atoms with Gasteiger partial charge in [0, 0.05) is 17.8 Å². The standard InChI is InChI=1S/C25H23N3O3S/c1-16-11-12-17(15-19(16)26-23(29)21-9-6-14-31-21)25(30)28-13-5-4-8-20(28)24-27-18-7-2-3-10-22(18)32-24/h2-3,6-7,9-12,14-15,20H,4-5,8,13H2,1H3,(H,26,29). The van der Waals surface area contributed by atoms with Crippen LogP contribution < -0.4 is 5.32 Å². The predicted molar refractivity (Wildman–Crippen MR) is 125 cm³/mol. The molecular weight excluding hydrogens is 422 g/mol. The van der Waals surface area contributed by atoms with Crippen molar-refractivity contribution in [2.45, 2.75) is 32.2 Å². The number of nitrogens with zero attached hydrogens (tertiary/aromatic N) is 2. The zero-order valence-corrected chi connectivity index (χ0v) is 18.5. The van der Waals surface area contributed by atoms with E-state index in [9.17, 15) is 9.59 Å². The Morgan fingerprint density at radius 2 is 2.00 bits per heavy atom. The molecule has 1 unspecified atom stereocenters. The highest BCUT2D eigenvalue weighted by Crippen LogP contribution is 2.36. The normalized spacial score (nSPS) is 16.3. The number of piperidine rings is 1. The first kappa shape index (κ1) is 20.5. The number of hydrogen-bond acceptors (Lipinski definition) is 5. The molecule has 2 aromatic carbocycles. The number of nitrogens with one attached hydrogen (secondary N) is 1. The van der Waals surface area contributed by atoms with E-state index in [1.807, 2.05) is 42.2 Å². The summed E-state index contributed by atoms with van der Waals surface area (Å²) in [5.74, 6) is -0.150. The lowest BCUT2D eigenvalue weighted by atomic mass is 10.0. The molecule has 0 saturated carbocycles. The van der Waals surface area contributed by atoms with E-state index in [-0.39, 0.29) is 23.6 Å². The molecule has 1 saturated heterocycles. The Hall–Kier alpha value is -3.45. The molecule has 4 aromatic rings. The average molecular weight is 446 g/mol. The molecule has 0 spiro atoms. The first-order valence-electron chi connectivity index (χ1n) is 10.7. The monoisotopic (exact) mass is 445 g/mol. The van der Waals surface area contributed by atoms with Crippen molar-refractivity contribution in [3.05, 3.63) is 82.8 Å². The number of furan rings is 1. The minimum absolute atomic E-state index is 0.0314. The van der Waals surface area contributed by atoms with Crippen LogP contribution in [0.3, 0.4) is 0 Å². The molecule has 1 aliphatic heterocycles. The van der Waals surface area contributed by atoms with Crippen molar-refractivity contribution in [2.24, 2.45) is 0 Å². The fraction of sp³-hybridized carbons (Fsp3) is 0.240. The van der Waals surface area contributed by atoms with Gasteiger partial charge in [-0.15, -0.1) is 11.3 Å². The Kier molecular flexibility index (Phi) is 5.49. The van der Waals surface area contributed by atoms with Crippen LogP contribution in [-0.2, 0) is 0 Å².